The Kier molecular flexibility index (Phi) is 9.82. The van der Waals surface area contributed by atoms with E-state index in [1.165, 1.54) is 20.1 Å². The number of aliphatic carboxylic acids is 2. The van der Waals surface area contributed by atoms with Crippen LogP contribution in [0.4, 0.5) is 0 Å². The van der Waals surface area contributed by atoms with Crippen LogP contribution >= 0.6 is 0 Å². The van der Waals surface area contributed by atoms with Gasteiger partial charge in [0.2, 0.25) is 0 Å². The number of methoxy groups -OCH3 is 1. The van der Waals surface area contributed by atoms with Gasteiger partial charge in [-0.15, -0.1) is 0 Å². The second kappa shape index (κ2) is 12.8. The fourth-order valence-electron chi connectivity index (χ4n) is 3.17. The molecule has 2 rings (SSSR count). The molecule has 0 spiro atoms. The third-order valence-corrected chi connectivity index (χ3v) is 4.74. The van der Waals surface area contributed by atoms with Gasteiger partial charge in [0.15, 0.2) is 5.78 Å². The number of carbonyl (C=O) groups is 4. The Balaban J connectivity index is 1.93. The molecule has 0 aliphatic carbocycles. The predicted molar refractivity (Wildman–Crippen MR) is 122 cm³/mol. The summed E-state index contributed by atoms with van der Waals surface area (Å²) in [6.07, 6.45) is 2.22. The summed E-state index contributed by atoms with van der Waals surface area (Å²) in [5.41, 5.74) is 1.54. The van der Waals surface area contributed by atoms with E-state index in [1.807, 2.05) is 0 Å². The molecule has 0 bridgehead atoms. The number of Topliss-reactive ketones (excluding diaryl/α,β-unsaturated/α-hetero) is 1. The highest BCUT2D eigenvalue weighted by atomic mass is 16.5. The Morgan fingerprint density at radius 3 is 2.35 bits per heavy atom. The van der Waals surface area contributed by atoms with Crippen molar-refractivity contribution in [1.29, 1.82) is 0 Å². The van der Waals surface area contributed by atoms with Crippen LogP contribution in [-0.4, -0.2) is 54.2 Å². The minimum Gasteiger partial charge on any atom is -0.497 e. The molecule has 0 radical (unpaired) electrons. The summed E-state index contributed by atoms with van der Waals surface area (Å²) in [6, 6.07) is 9.63. The lowest BCUT2D eigenvalue weighted by Gasteiger charge is -2.11. The van der Waals surface area contributed by atoms with Crippen LogP contribution in [0.2, 0.25) is 0 Å². The van der Waals surface area contributed by atoms with Gasteiger partial charge in [-0.1, -0.05) is 18.2 Å². The highest BCUT2D eigenvalue weighted by Crippen LogP contribution is 2.25. The number of esters is 1. The molecule has 0 unspecified atom stereocenters. The third-order valence-electron chi connectivity index (χ3n) is 4.74. The number of carbonyl (C=O) groups excluding carboxylic acids is 2. The Morgan fingerprint density at radius 1 is 0.971 bits per heavy atom. The van der Waals surface area contributed by atoms with Crippen molar-refractivity contribution < 1.29 is 43.6 Å². The van der Waals surface area contributed by atoms with Crippen LogP contribution in [0.1, 0.15) is 40.4 Å². The van der Waals surface area contributed by atoms with Gasteiger partial charge in [-0.2, -0.15) is 0 Å². The second-order valence-electron chi connectivity index (χ2n) is 7.25. The molecule has 0 atom stereocenters. The summed E-state index contributed by atoms with van der Waals surface area (Å²) in [7, 11) is 1.51. The lowest BCUT2D eigenvalue weighted by atomic mass is 9.96. The number of benzene rings is 2. The smallest absolute Gasteiger partial charge is 0.330 e. The number of carboxylic acid groups (broad SMARTS) is 2. The first-order valence-corrected chi connectivity index (χ1v) is 10.4. The van der Waals surface area contributed by atoms with Crippen molar-refractivity contribution in [3.63, 3.8) is 0 Å². The highest BCUT2D eigenvalue weighted by molar-refractivity contribution is 5.97. The average Bonchev–Trinajstić information content (AvgIpc) is 2.78. The largest absolute Gasteiger partial charge is 0.497 e. The number of carboxylic acids is 2. The van der Waals surface area contributed by atoms with Gasteiger partial charge in [0.05, 0.1) is 38.7 Å². The molecule has 0 aliphatic rings. The lowest BCUT2D eigenvalue weighted by molar-refractivity contribution is -0.138. The van der Waals surface area contributed by atoms with Crippen LogP contribution in [0, 0.1) is 0 Å². The van der Waals surface area contributed by atoms with Crippen LogP contribution in [0.3, 0.4) is 0 Å². The molecule has 0 fully saturated rings. The van der Waals surface area contributed by atoms with E-state index in [2.05, 4.69) is 0 Å². The molecule has 34 heavy (non-hydrogen) atoms. The first kappa shape index (κ1) is 26.1. The van der Waals surface area contributed by atoms with E-state index in [4.69, 9.17) is 24.4 Å². The van der Waals surface area contributed by atoms with E-state index in [9.17, 15) is 19.2 Å². The van der Waals surface area contributed by atoms with Crippen molar-refractivity contribution in [3.05, 3.63) is 64.7 Å². The normalized spacial score (nSPS) is 10.6. The van der Waals surface area contributed by atoms with E-state index in [0.717, 1.165) is 6.08 Å². The second-order valence-corrected chi connectivity index (χ2v) is 7.25. The zero-order valence-corrected chi connectivity index (χ0v) is 18.9. The predicted octanol–water partition coefficient (Wildman–Crippen LogP) is 3.18. The van der Waals surface area contributed by atoms with Gasteiger partial charge in [-0.3, -0.25) is 14.4 Å². The molecular weight excluding hydrogens is 444 g/mol. The van der Waals surface area contributed by atoms with Gasteiger partial charge >= 0.3 is 17.9 Å². The molecule has 2 aromatic carbocycles. The maximum absolute atomic E-state index is 12.1. The van der Waals surface area contributed by atoms with Crippen LogP contribution in [-0.2, 0) is 32.0 Å². The molecule has 0 amide bonds. The van der Waals surface area contributed by atoms with Crippen molar-refractivity contribution in [2.24, 2.45) is 0 Å². The van der Waals surface area contributed by atoms with E-state index in [-0.39, 0.29) is 31.8 Å². The lowest BCUT2D eigenvalue weighted by Crippen LogP contribution is -2.10. The molecule has 2 N–H and O–H groups in total. The quantitative estimate of drug-likeness (QED) is 0.196. The average molecular weight is 470 g/mol. The van der Waals surface area contributed by atoms with Gasteiger partial charge in [-0.25, -0.2) is 4.79 Å². The first-order valence-electron chi connectivity index (χ1n) is 10.4. The maximum Gasteiger partial charge on any atom is 0.330 e. The molecule has 180 valence electrons. The Morgan fingerprint density at radius 2 is 1.71 bits per heavy atom. The van der Waals surface area contributed by atoms with E-state index in [0.29, 0.717) is 40.2 Å². The number of hydrogen-bond acceptors (Lipinski definition) is 7. The van der Waals surface area contributed by atoms with E-state index in [1.54, 1.807) is 36.4 Å². The minimum absolute atomic E-state index is 0.0591. The number of ketones is 1. The Bertz CT molecular complexity index is 1090. The summed E-state index contributed by atoms with van der Waals surface area (Å²) >= 11 is 0. The zero-order valence-electron chi connectivity index (χ0n) is 18.9. The van der Waals surface area contributed by atoms with Gasteiger partial charge in [0.25, 0.3) is 0 Å². The molecule has 0 saturated carbocycles. The van der Waals surface area contributed by atoms with Gasteiger partial charge in [0, 0.05) is 18.6 Å². The molecule has 0 aromatic heterocycles. The molecule has 0 heterocycles. The van der Waals surface area contributed by atoms with Crippen molar-refractivity contribution in [2.75, 3.05) is 20.3 Å². The van der Waals surface area contributed by atoms with Crippen LogP contribution in [0.5, 0.6) is 11.5 Å². The molecule has 0 aliphatic heterocycles. The summed E-state index contributed by atoms with van der Waals surface area (Å²) < 4.78 is 15.9. The summed E-state index contributed by atoms with van der Waals surface area (Å²) in [6.45, 7) is 1.69. The van der Waals surface area contributed by atoms with Crippen LogP contribution in [0.25, 0.3) is 6.08 Å². The van der Waals surface area contributed by atoms with Crippen LogP contribution in [0.15, 0.2) is 42.5 Å². The Hall–Kier alpha value is -4.14. The molecule has 9 nitrogen and oxygen atoms in total. The molecule has 9 heteroatoms. The number of hydrogen-bond donors (Lipinski definition) is 2. The molecule has 0 saturated heterocycles. The molecule has 2 aromatic rings. The Labute approximate surface area is 196 Å². The minimum atomic E-state index is -1.11. The standard InChI is InChI=1S/C25H26O9/c1-16(26)20-9-8-19(32-2)14-22(20)33-11-4-12-34-25(31)10-7-17-5-3-6-18(13-23(27)28)21(17)15-24(29)30/h3,5-10,14H,4,11-13,15H2,1-2H3,(H,27,28)(H,29,30). The summed E-state index contributed by atoms with van der Waals surface area (Å²) in [5.74, 6) is -2.06. The van der Waals surface area contributed by atoms with E-state index >= 15 is 0 Å². The third kappa shape index (κ3) is 8.09. The fourth-order valence-corrected chi connectivity index (χ4v) is 3.17. The SMILES string of the molecule is COc1ccc(C(C)=O)c(OCCCOC(=O)C=Cc2cccc(CC(=O)O)c2CC(=O)O)c1. The van der Waals surface area contributed by atoms with Crippen molar-refractivity contribution >= 4 is 29.8 Å². The van der Waals surface area contributed by atoms with Crippen molar-refractivity contribution in [3.8, 4) is 11.5 Å². The van der Waals surface area contributed by atoms with Crippen molar-refractivity contribution in [2.45, 2.75) is 26.2 Å². The first-order chi connectivity index (χ1) is 16.2. The highest BCUT2D eigenvalue weighted by Gasteiger charge is 2.14. The van der Waals surface area contributed by atoms with E-state index < -0.39 is 17.9 Å². The van der Waals surface area contributed by atoms with Crippen molar-refractivity contribution in [1.82, 2.24) is 0 Å². The van der Waals surface area contributed by atoms with Gasteiger partial charge in [0.1, 0.15) is 11.5 Å². The van der Waals surface area contributed by atoms with Crippen LogP contribution < -0.4 is 9.47 Å². The van der Waals surface area contributed by atoms with Gasteiger partial charge in [-0.05, 0) is 41.8 Å². The summed E-state index contributed by atoms with van der Waals surface area (Å²) in [4.78, 5) is 46.0. The van der Waals surface area contributed by atoms with Gasteiger partial charge < -0.3 is 24.4 Å². The molecular formula is C25H26O9. The fraction of sp³-hybridized carbons (Fsp3) is 0.280. The monoisotopic (exact) mass is 470 g/mol. The topological polar surface area (TPSA) is 136 Å². The maximum atomic E-state index is 12.1. The number of ether oxygens (including phenoxy) is 3. The summed E-state index contributed by atoms with van der Waals surface area (Å²) in [5, 5.41) is 18.2. The zero-order chi connectivity index (χ0) is 25.1. The number of rotatable bonds is 13.